The second-order valence-electron chi connectivity index (χ2n) is 4.62. The molecule has 0 amide bonds. The molecule has 6 heteroatoms. The number of aliphatic hydroxyl groups excluding tert-OH is 1. The fraction of sp³-hybridized carbons (Fsp3) is 0.400. The quantitative estimate of drug-likeness (QED) is 0.829. The first-order chi connectivity index (χ1) is 9.91. The van der Waals surface area contributed by atoms with Gasteiger partial charge in [-0.2, -0.15) is 9.57 Å². The first kappa shape index (κ1) is 17.2. The molecule has 1 aromatic carbocycles. The summed E-state index contributed by atoms with van der Waals surface area (Å²) < 4.78 is 26.0. The lowest BCUT2D eigenvalue weighted by molar-refractivity contribution is 0.305. The summed E-state index contributed by atoms with van der Waals surface area (Å²) in [5, 5.41) is 17.5. The molecule has 0 saturated heterocycles. The van der Waals surface area contributed by atoms with Crippen molar-refractivity contribution < 1.29 is 13.5 Å². The van der Waals surface area contributed by atoms with E-state index in [1.807, 2.05) is 6.07 Å². The van der Waals surface area contributed by atoms with Crippen molar-refractivity contribution in [1.82, 2.24) is 4.31 Å². The number of sulfonamides is 1. The van der Waals surface area contributed by atoms with Crippen LogP contribution in [0.2, 0.25) is 0 Å². The third kappa shape index (κ3) is 4.87. The zero-order chi connectivity index (χ0) is 15.9. The Morgan fingerprint density at radius 3 is 2.76 bits per heavy atom. The standard InChI is InChI=1S/C15H18N2O3S/c1-13(11-16)12-17(2)21(19,20)15-8-5-7-14(10-15)6-3-4-9-18/h5,7-8,10,13,18H,4,9,12H2,1-2H3. The Morgan fingerprint density at radius 2 is 2.14 bits per heavy atom. The summed E-state index contributed by atoms with van der Waals surface area (Å²) in [5.41, 5.74) is 0.575. The molecule has 0 aliphatic heterocycles. The molecule has 5 nitrogen and oxygen atoms in total. The summed E-state index contributed by atoms with van der Waals surface area (Å²) in [4.78, 5) is 0.144. The van der Waals surface area contributed by atoms with Crippen LogP contribution in [0.15, 0.2) is 29.2 Å². The SMILES string of the molecule is CC(C#N)CN(C)S(=O)(=O)c1cccc(C#CCCO)c1. The van der Waals surface area contributed by atoms with Crippen LogP contribution in [0.25, 0.3) is 0 Å². The molecule has 21 heavy (non-hydrogen) atoms. The highest BCUT2D eigenvalue weighted by Crippen LogP contribution is 2.16. The van der Waals surface area contributed by atoms with E-state index in [2.05, 4.69) is 11.8 Å². The Balaban J connectivity index is 3.02. The molecule has 0 aromatic heterocycles. The van der Waals surface area contributed by atoms with E-state index in [1.165, 1.54) is 23.5 Å². The van der Waals surface area contributed by atoms with E-state index in [1.54, 1.807) is 19.1 Å². The van der Waals surface area contributed by atoms with Gasteiger partial charge in [0.05, 0.1) is 23.5 Å². The largest absolute Gasteiger partial charge is 0.395 e. The highest BCUT2D eigenvalue weighted by molar-refractivity contribution is 7.89. The van der Waals surface area contributed by atoms with Gasteiger partial charge in [-0.15, -0.1) is 0 Å². The number of benzene rings is 1. The second kappa shape index (κ2) is 7.80. The fourth-order valence-corrected chi connectivity index (χ4v) is 2.97. The van der Waals surface area contributed by atoms with E-state index in [0.29, 0.717) is 12.0 Å². The maximum Gasteiger partial charge on any atom is 0.242 e. The first-order valence-electron chi connectivity index (χ1n) is 6.47. The van der Waals surface area contributed by atoms with Crippen molar-refractivity contribution >= 4 is 10.0 Å². The van der Waals surface area contributed by atoms with Crippen LogP contribution in [0.5, 0.6) is 0 Å². The molecular formula is C15H18N2O3S. The van der Waals surface area contributed by atoms with Gasteiger partial charge in [-0.05, 0) is 25.1 Å². The van der Waals surface area contributed by atoms with Crippen molar-refractivity contribution in [2.75, 3.05) is 20.2 Å². The number of rotatable bonds is 5. The third-order valence-electron chi connectivity index (χ3n) is 2.76. The monoisotopic (exact) mass is 306 g/mol. The lowest BCUT2D eigenvalue weighted by atomic mass is 10.2. The van der Waals surface area contributed by atoms with E-state index in [9.17, 15) is 8.42 Å². The van der Waals surface area contributed by atoms with Crippen molar-refractivity contribution in [2.45, 2.75) is 18.2 Å². The lowest BCUT2D eigenvalue weighted by Gasteiger charge is -2.18. The number of nitriles is 1. The minimum atomic E-state index is -3.63. The zero-order valence-corrected chi connectivity index (χ0v) is 12.9. The highest BCUT2D eigenvalue weighted by Gasteiger charge is 2.22. The molecule has 0 radical (unpaired) electrons. The summed E-state index contributed by atoms with van der Waals surface area (Å²) >= 11 is 0. The molecule has 0 spiro atoms. The predicted octanol–water partition coefficient (Wildman–Crippen LogP) is 1.20. The summed E-state index contributed by atoms with van der Waals surface area (Å²) in [5.74, 6) is 5.18. The molecule has 112 valence electrons. The van der Waals surface area contributed by atoms with Crippen LogP contribution in [-0.4, -0.2) is 38.0 Å². The maximum absolute atomic E-state index is 12.4. The van der Waals surface area contributed by atoms with Crippen molar-refractivity contribution in [2.24, 2.45) is 5.92 Å². The van der Waals surface area contributed by atoms with Crippen LogP contribution in [0.3, 0.4) is 0 Å². The van der Waals surface area contributed by atoms with Crippen LogP contribution in [0.4, 0.5) is 0 Å². The van der Waals surface area contributed by atoms with Gasteiger partial charge in [0.25, 0.3) is 0 Å². The summed E-state index contributed by atoms with van der Waals surface area (Å²) in [7, 11) is -2.18. The van der Waals surface area contributed by atoms with Crippen molar-refractivity contribution in [3.63, 3.8) is 0 Å². The first-order valence-corrected chi connectivity index (χ1v) is 7.91. The van der Waals surface area contributed by atoms with E-state index in [4.69, 9.17) is 10.4 Å². The Bertz CT molecular complexity index is 681. The normalized spacial score (nSPS) is 12.3. The van der Waals surface area contributed by atoms with Crippen LogP contribution >= 0.6 is 0 Å². The van der Waals surface area contributed by atoms with Gasteiger partial charge >= 0.3 is 0 Å². The number of nitrogens with zero attached hydrogens (tertiary/aromatic N) is 2. The number of hydrogen-bond donors (Lipinski definition) is 1. The summed E-state index contributed by atoms with van der Waals surface area (Å²) in [6.07, 6.45) is 0.344. The van der Waals surface area contributed by atoms with Gasteiger partial charge in [-0.3, -0.25) is 0 Å². The number of aliphatic hydroxyl groups is 1. The van der Waals surface area contributed by atoms with Crippen LogP contribution in [0.1, 0.15) is 18.9 Å². The van der Waals surface area contributed by atoms with E-state index >= 15 is 0 Å². The average Bonchev–Trinajstić information content (AvgIpc) is 2.47. The minimum Gasteiger partial charge on any atom is -0.395 e. The molecule has 1 unspecified atom stereocenters. The average molecular weight is 306 g/mol. The van der Waals surface area contributed by atoms with Gasteiger partial charge in [0.1, 0.15) is 0 Å². The van der Waals surface area contributed by atoms with Crippen molar-refractivity contribution in [3.05, 3.63) is 29.8 Å². The lowest BCUT2D eigenvalue weighted by Crippen LogP contribution is -2.30. The summed E-state index contributed by atoms with van der Waals surface area (Å²) in [6, 6.07) is 8.34. The van der Waals surface area contributed by atoms with Crippen LogP contribution in [-0.2, 0) is 10.0 Å². The molecule has 1 N–H and O–H groups in total. The zero-order valence-electron chi connectivity index (χ0n) is 12.1. The molecule has 0 fully saturated rings. The molecule has 0 bridgehead atoms. The highest BCUT2D eigenvalue weighted by atomic mass is 32.2. The van der Waals surface area contributed by atoms with Gasteiger partial charge in [-0.25, -0.2) is 8.42 Å². The van der Waals surface area contributed by atoms with Crippen molar-refractivity contribution in [3.8, 4) is 17.9 Å². The van der Waals surface area contributed by atoms with Crippen LogP contribution in [0, 0.1) is 29.1 Å². The molecule has 1 rings (SSSR count). The molecule has 0 aliphatic carbocycles. The van der Waals surface area contributed by atoms with Gasteiger partial charge < -0.3 is 5.11 Å². The van der Waals surface area contributed by atoms with E-state index in [0.717, 1.165) is 0 Å². The van der Waals surface area contributed by atoms with Gasteiger partial charge in [0, 0.05) is 25.6 Å². The Morgan fingerprint density at radius 1 is 1.43 bits per heavy atom. The minimum absolute atomic E-state index is 0.0280. The maximum atomic E-state index is 12.4. The van der Waals surface area contributed by atoms with Gasteiger partial charge in [0.2, 0.25) is 10.0 Å². The second-order valence-corrected chi connectivity index (χ2v) is 6.66. The van der Waals surface area contributed by atoms with E-state index in [-0.39, 0.29) is 24.0 Å². The molecule has 0 aliphatic rings. The third-order valence-corrected chi connectivity index (χ3v) is 4.58. The Kier molecular flexibility index (Phi) is 6.39. The number of hydrogen-bond acceptors (Lipinski definition) is 4. The summed E-state index contributed by atoms with van der Waals surface area (Å²) in [6.45, 7) is 1.78. The van der Waals surface area contributed by atoms with Crippen molar-refractivity contribution in [1.29, 1.82) is 5.26 Å². The van der Waals surface area contributed by atoms with Gasteiger partial charge in [0.15, 0.2) is 0 Å². The van der Waals surface area contributed by atoms with Crippen LogP contribution < -0.4 is 0 Å². The predicted molar refractivity (Wildman–Crippen MR) is 79.6 cm³/mol. The topological polar surface area (TPSA) is 81.4 Å². The molecule has 0 saturated carbocycles. The molecule has 0 heterocycles. The molecule has 1 aromatic rings. The smallest absolute Gasteiger partial charge is 0.242 e. The Hall–Kier alpha value is -1.86. The van der Waals surface area contributed by atoms with E-state index < -0.39 is 10.0 Å². The Labute approximate surface area is 125 Å². The van der Waals surface area contributed by atoms with Gasteiger partial charge in [-0.1, -0.05) is 17.9 Å². The fourth-order valence-electron chi connectivity index (χ4n) is 1.66. The molecule has 1 atom stereocenters. The molecular weight excluding hydrogens is 288 g/mol.